The summed E-state index contributed by atoms with van der Waals surface area (Å²) < 4.78 is 0. The van der Waals surface area contributed by atoms with Crippen LogP contribution >= 0.6 is 0 Å². The normalized spacial score (nSPS) is 11.1. The Bertz CT molecular complexity index is 437. The van der Waals surface area contributed by atoms with Crippen molar-refractivity contribution >= 4 is 5.78 Å². The minimum atomic E-state index is 0.290. The van der Waals surface area contributed by atoms with Crippen LogP contribution in [0.2, 0.25) is 0 Å². The maximum Gasteiger partial charge on any atom is 0.129 e. The van der Waals surface area contributed by atoms with E-state index in [9.17, 15) is 4.79 Å². The van der Waals surface area contributed by atoms with Crippen LogP contribution in [0, 0.1) is 20.8 Å². The summed E-state index contributed by atoms with van der Waals surface area (Å²) in [6.07, 6.45) is 2.76. The van der Waals surface area contributed by atoms with Gasteiger partial charge in [0.05, 0.1) is 0 Å². The van der Waals surface area contributed by atoms with Gasteiger partial charge in [0.1, 0.15) is 5.78 Å². The van der Waals surface area contributed by atoms with Crippen LogP contribution in [0.3, 0.4) is 0 Å². The summed E-state index contributed by atoms with van der Waals surface area (Å²) in [5, 5.41) is 0. The first kappa shape index (κ1) is 15.9. The summed E-state index contributed by atoms with van der Waals surface area (Å²) >= 11 is 0. The SMILES string of the molecule is CC(=O)CCCN(C)CCc1ccc(C)c(C)c1C. The van der Waals surface area contributed by atoms with Gasteiger partial charge in [-0.1, -0.05) is 12.1 Å². The van der Waals surface area contributed by atoms with Gasteiger partial charge in [0.15, 0.2) is 0 Å². The molecule has 0 aromatic heterocycles. The van der Waals surface area contributed by atoms with Gasteiger partial charge in [0.2, 0.25) is 0 Å². The van der Waals surface area contributed by atoms with E-state index in [1.807, 2.05) is 0 Å². The molecule has 0 fully saturated rings. The van der Waals surface area contributed by atoms with Crippen LogP contribution in [0.4, 0.5) is 0 Å². The van der Waals surface area contributed by atoms with Crippen molar-refractivity contribution in [2.24, 2.45) is 0 Å². The van der Waals surface area contributed by atoms with Gasteiger partial charge in [0, 0.05) is 13.0 Å². The van der Waals surface area contributed by atoms with Crippen molar-refractivity contribution in [3.8, 4) is 0 Å². The lowest BCUT2D eigenvalue weighted by atomic mass is 9.97. The van der Waals surface area contributed by atoms with Gasteiger partial charge in [-0.05, 0) is 76.4 Å². The van der Waals surface area contributed by atoms with Crippen molar-refractivity contribution < 1.29 is 4.79 Å². The summed E-state index contributed by atoms with van der Waals surface area (Å²) in [7, 11) is 2.14. The van der Waals surface area contributed by atoms with Gasteiger partial charge < -0.3 is 9.69 Å². The van der Waals surface area contributed by atoms with Crippen molar-refractivity contribution in [3.63, 3.8) is 0 Å². The third-order valence-electron chi connectivity index (χ3n) is 4.00. The molecule has 0 aliphatic rings. The topological polar surface area (TPSA) is 20.3 Å². The van der Waals surface area contributed by atoms with Crippen LogP contribution in [0.5, 0.6) is 0 Å². The molecule has 2 nitrogen and oxygen atoms in total. The molecule has 0 N–H and O–H groups in total. The third kappa shape index (κ3) is 5.15. The Morgan fingerprint density at radius 3 is 2.42 bits per heavy atom. The first-order valence-electron chi connectivity index (χ1n) is 7.15. The van der Waals surface area contributed by atoms with Crippen molar-refractivity contribution in [1.29, 1.82) is 0 Å². The zero-order valence-corrected chi connectivity index (χ0v) is 13.0. The summed E-state index contributed by atoms with van der Waals surface area (Å²) in [5.74, 6) is 0.290. The molecule has 0 aliphatic carbocycles. The van der Waals surface area contributed by atoms with E-state index >= 15 is 0 Å². The second-order valence-corrected chi connectivity index (χ2v) is 5.65. The number of carbonyl (C=O) groups excluding carboxylic acids is 1. The molecule has 1 aromatic rings. The Labute approximate surface area is 117 Å². The molecular weight excluding hydrogens is 234 g/mol. The lowest BCUT2D eigenvalue weighted by molar-refractivity contribution is -0.117. The second-order valence-electron chi connectivity index (χ2n) is 5.65. The number of benzene rings is 1. The van der Waals surface area contributed by atoms with Crippen LogP contribution < -0.4 is 0 Å². The summed E-state index contributed by atoms with van der Waals surface area (Å²) in [6.45, 7) is 10.3. The molecule has 0 saturated heterocycles. The number of ketones is 1. The first-order valence-corrected chi connectivity index (χ1v) is 7.15. The summed E-state index contributed by atoms with van der Waals surface area (Å²) in [5.41, 5.74) is 5.66. The van der Waals surface area contributed by atoms with E-state index in [0.717, 1.165) is 25.9 Å². The fraction of sp³-hybridized carbons (Fsp3) is 0.588. The summed E-state index contributed by atoms with van der Waals surface area (Å²) in [6, 6.07) is 4.47. The number of hydrogen-bond acceptors (Lipinski definition) is 2. The average Bonchev–Trinajstić information content (AvgIpc) is 2.35. The van der Waals surface area contributed by atoms with Crippen LogP contribution in [-0.2, 0) is 11.2 Å². The molecular formula is C17H27NO. The van der Waals surface area contributed by atoms with Gasteiger partial charge in [-0.3, -0.25) is 0 Å². The lowest BCUT2D eigenvalue weighted by Gasteiger charge is -2.18. The molecule has 0 bridgehead atoms. The van der Waals surface area contributed by atoms with Crippen molar-refractivity contribution in [2.45, 2.75) is 47.0 Å². The summed E-state index contributed by atoms with van der Waals surface area (Å²) in [4.78, 5) is 13.2. The van der Waals surface area contributed by atoms with Crippen LogP contribution in [-0.4, -0.2) is 30.8 Å². The Hall–Kier alpha value is -1.15. The number of likely N-dealkylation sites (N-methyl/N-ethyl adjacent to an activating group) is 1. The van der Waals surface area contributed by atoms with E-state index in [0.29, 0.717) is 12.2 Å². The Morgan fingerprint density at radius 1 is 1.11 bits per heavy atom. The van der Waals surface area contributed by atoms with Gasteiger partial charge in [-0.25, -0.2) is 0 Å². The third-order valence-corrected chi connectivity index (χ3v) is 4.00. The molecule has 1 aromatic carbocycles. The van der Waals surface area contributed by atoms with E-state index in [4.69, 9.17) is 0 Å². The highest BCUT2D eigenvalue weighted by Gasteiger charge is 2.05. The number of Topliss-reactive ketones (excluding diaryl/α,β-unsaturated/α-hetero) is 1. The Balaban J connectivity index is 2.44. The highest BCUT2D eigenvalue weighted by molar-refractivity contribution is 5.75. The minimum Gasteiger partial charge on any atom is -0.306 e. The van der Waals surface area contributed by atoms with Crippen molar-refractivity contribution in [3.05, 3.63) is 34.4 Å². The Morgan fingerprint density at radius 2 is 1.79 bits per heavy atom. The number of hydrogen-bond donors (Lipinski definition) is 0. The van der Waals surface area contributed by atoms with Crippen LogP contribution in [0.25, 0.3) is 0 Å². The number of nitrogens with zero attached hydrogens (tertiary/aromatic N) is 1. The van der Waals surface area contributed by atoms with E-state index in [2.05, 4.69) is 44.9 Å². The van der Waals surface area contributed by atoms with Crippen LogP contribution in [0.15, 0.2) is 12.1 Å². The first-order chi connectivity index (χ1) is 8.91. The molecule has 0 heterocycles. The molecule has 0 atom stereocenters. The standard InChI is InChI=1S/C17H27NO/c1-13-8-9-17(16(4)15(13)3)10-12-18(5)11-6-7-14(2)19/h8-9H,6-7,10-12H2,1-5H3. The molecule has 0 spiro atoms. The zero-order valence-electron chi connectivity index (χ0n) is 13.0. The predicted molar refractivity (Wildman–Crippen MR) is 81.8 cm³/mol. The fourth-order valence-electron chi connectivity index (χ4n) is 2.30. The number of aryl methyl sites for hydroxylation is 1. The zero-order chi connectivity index (χ0) is 14.4. The smallest absolute Gasteiger partial charge is 0.129 e. The van der Waals surface area contributed by atoms with Crippen molar-refractivity contribution in [1.82, 2.24) is 4.90 Å². The Kier molecular flexibility index (Phi) is 6.23. The maximum atomic E-state index is 10.9. The molecule has 0 aliphatic heterocycles. The molecule has 106 valence electrons. The number of rotatable bonds is 7. The second kappa shape index (κ2) is 7.44. The molecule has 2 heteroatoms. The largest absolute Gasteiger partial charge is 0.306 e. The molecule has 0 unspecified atom stereocenters. The monoisotopic (exact) mass is 261 g/mol. The highest BCUT2D eigenvalue weighted by atomic mass is 16.1. The highest BCUT2D eigenvalue weighted by Crippen LogP contribution is 2.17. The van der Waals surface area contributed by atoms with Gasteiger partial charge >= 0.3 is 0 Å². The van der Waals surface area contributed by atoms with Gasteiger partial charge in [-0.15, -0.1) is 0 Å². The van der Waals surface area contributed by atoms with Gasteiger partial charge in [-0.2, -0.15) is 0 Å². The average molecular weight is 261 g/mol. The maximum absolute atomic E-state index is 10.9. The number of carbonyl (C=O) groups is 1. The fourth-order valence-corrected chi connectivity index (χ4v) is 2.30. The molecule has 0 radical (unpaired) electrons. The van der Waals surface area contributed by atoms with E-state index in [1.54, 1.807) is 6.92 Å². The lowest BCUT2D eigenvalue weighted by Crippen LogP contribution is -2.23. The van der Waals surface area contributed by atoms with Crippen molar-refractivity contribution in [2.75, 3.05) is 20.1 Å². The quantitative estimate of drug-likeness (QED) is 0.749. The molecule has 19 heavy (non-hydrogen) atoms. The van der Waals surface area contributed by atoms with E-state index in [-0.39, 0.29) is 0 Å². The molecule has 0 saturated carbocycles. The predicted octanol–water partition coefficient (Wildman–Crippen LogP) is 3.46. The van der Waals surface area contributed by atoms with Gasteiger partial charge in [0.25, 0.3) is 0 Å². The van der Waals surface area contributed by atoms with Crippen LogP contribution in [0.1, 0.15) is 42.0 Å². The van der Waals surface area contributed by atoms with E-state index in [1.165, 1.54) is 22.3 Å². The van der Waals surface area contributed by atoms with E-state index < -0.39 is 0 Å². The minimum absolute atomic E-state index is 0.290. The molecule has 1 rings (SSSR count). The molecule has 0 amide bonds.